The average molecular weight is 564 g/mol. The first-order chi connectivity index (χ1) is 19.9. The molecule has 0 radical (unpaired) electrons. The molecule has 218 valence electrons. The number of piperidine rings is 1. The summed E-state index contributed by atoms with van der Waals surface area (Å²) in [5.41, 5.74) is 6.57. The summed E-state index contributed by atoms with van der Waals surface area (Å²) in [4.78, 5) is 47.8. The molecule has 5 rings (SSSR count). The largest absolute Gasteiger partial charge is 0.378 e. The Labute approximate surface area is 239 Å². The van der Waals surface area contributed by atoms with Crippen LogP contribution in [0.25, 0.3) is 0 Å². The summed E-state index contributed by atoms with van der Waals surface area (Å²) in [6, 6.07) is 7.46. The van der Waals surface area contributed by atoms with Crippen LogP contribution < -0.4 is 16.4 Å². The summed E-state index contributed by atoms with van der Waals surface area (Å²) >= 11 is 0. The second kappa shape index (κ2) is 13.0. The highest BCUT2D eigenvalue weighted by Gasteiger charge is 2.26. The van der Waals surface area contributed by atoms with Crippen LogP contribution in [0.4, 0.5) is 17.5 Å². The van der Waals surface area contributed by atoms with Crippen LogP contribution in [0, 0.1) is 0 Å². The second-order valence-corrected chi connectivity index (χ2v) is 10.6. The molecule has 13 heteroatoms. The van der Waals surface area contributed by atoms with Crippen molar-refractivity contribution < 1.29 is 19.1 Å². The van der Waals surface area contributed by atoms with Gasteiger partial charge in [0.2, 0.25) is 11.9 Å². The number of nitrogens with two attached hydrogens (primary N) is 1. The molecule has 3 heterocycles. The van der Waals surface area contributed by atoms with E-state index in [9.17, 15) is 14.4 Å². The Morgan fingerprint density at radius 3 is 2.54 bits per heavy atom. The highest BCUT2D eigenvalue weighted by molar-refractivity contribution is 5.97. The lowest BCUT2D eigenvalue weighted by atomic mass is 10.1. The highest BCUT2D eigenvalue weighted by atomic mass is 16.5. The predicted octanol–water partition coefficient (Wildman–Crippen LogP) is 1.24. The molecule has 1 atom stereocenters. The summed E-state index contributed by atoms with van der Waals surface area (Å²) in [5, 5.41) is 14.4. The fraction of sp³-hybridized carbons (Fsp3) is 0.500. The van der Waals surface area contributed by atoms with Crippen LogP contribution in [0.15, 0.2) is 36.4 Å². The van der Waals surface area contributed by atoms with Crippen LogP contribution in [0.5, 0.6) is 0 Å². The molecule has 4 N–H and O–H groups in total. The number of carbonyl (C=O) groups is 3. The third-order valence-electron chi connectivity index (χ3n) is 7.50. The van der Waals surface area contributed by atoms with Gasteiger partial charge >= 0.3 is 0 Å². The van der Waals surface area contributed by atoms with Gasteiger partial charge in [0.15, 0.2) is 11.5 Å². The number of anilines is 3. The number of hydrogen-bond acceptors (Lipinski definition) is 10. The topological polar surface area (TPSA) is 159 Å². The number of amides is 3. The predicted molar refractivity (Wildman–Crippen MR) is 153 cm³/mol. The Bertz CT molecular complexity index is 1280. The van der Waals surface area contributed by atoms with E-state index in [0.29, 0.717) is 56.7 Å². The number of aromatic nitrogens is 3. The number of likely N-dealkylation sites (tertiary alicyclic amines) is 1. The van der Waals surface area contributed by atoms with E-state index in [1.54, 1.807) is 35.2 Å². The minimum absolute atomic E-state index is 0.0123. The van der Waals surface area contributed by atoms with Gasteiger partial charge in [0.1, 0.15) is 0 Å². The molecular weight excluding hydrogens is 526 g/mol. The van der Waals surface area contributed by atoms with Crippen LogP contribution in [-0.2, 0) is 9.53 Å². The monoisotopic (exact) mass is 563 g/mol. The fourth-order valence-corrected chi connectivity index (χ4v) is 4.99. The molecule has 3 aliphatic rings. The van der Waals surface area contributed by atoms with Gasteiger partial charge in [-0.25, -0.2) is 0 Å². The van der Waals surface area contributed by atoms with Crippen molar-refractivity contribution in [3.05, 3.63) is 47.7 Å². The Morgan fingerprint density at radius 2 is 1.83 bits per heavy atom. The van der Waals surface area contributed by atoms with Crippen molar-refractivity contribution in [1.29, 1.82) is 0 Å². The van der Waals surface area contributed by atoms with Crippen molar-refractivity contribution in [3.8, 4) is 0 Å². The molecule has 1 aromatic carbocycles. The maximum atomic E-state index is 12.8. The van der Waals surface area contributed by atoms with Crippen LogP contribution in [0.1, 0.15) is 46.5 Å². The molecule has 0 spiro atoms. The minimum atomic E-state index is -0.772. The number of morpholine rings is 1. The number of ether oxygens (including phenoxy) is 1. The van der Waals surface area contributed by atoms with Crippen molar-refractivity contribution in [2.24, 2.45) is 5.73 Å². The molecule has 1 aromatic heterocycles. The van der Waals surface area contributed by atoms with Gasteiger partial charge in [-0.2, -0.15) is 4.98 Å². The zero-order chi connectivity index (χ0) is 28.8. The van der Waals surface area contributed by atoms with E-state index in [0.717, 1.165) is 19.4 Å². The number of nitrogens with zero attached hydrogens (tertiary/aromatic N) is 6. The van der Waals surface area contributed by atoms with Gasteiger partial charge in [0.05, 0.1) is 13.2 Å². The number of benzene rings is 1. The van der Waals surface area contributed by atoms with E-state index >= 15 is 0 Å². The number of nitrogens with one attached hydrogen (secondary N) is 2. The second-order valence-electron chi connectivity index (χ2n) is 10.6. The lowest BCUT2D eigenvalue weighted by molar-refractivity contribution is -0.127. The normalized spacial score (nSPS) is 19.4. The van der Waals surface area contributed by atoms with Crippen molar-refractivity contribution in [2.45, 2.75) is 37.8 Å². The zero-order valence-corrected chi connectivity index (χ0v) is 23.3. The molecule has 1 aliphatic carbocycles. The first-order valence-electron chi connectivity index (χ1n) is 14.1. The zero-order valence-electron chi connectivity index (χ0n) is 23.3. The van der Waals surface area contributed by atoms with E-state index < -0.39 is 5.91 Å². The Kier molecular flexibility index (Phi) is 9.04. The average Bonchev–Trinajstić information content (AvgIpc) is 3.84. The van der Waals surface area contributed by atoms with Crippen molar-refractivity contribution in [2.75, 3.05) is 63.6 Å². The molecule has 2 aromatic rings. The number of rotatable bonds is 10. The molecular formula is C28H37N9O4. The molecule has 3 amide bonds. The molecule has 3 fully saturated rings. The van der Waals surface area contributed by atoms with Crippen LogP contribution in [0.3, 0.4) is 0 Å². The van der Waals surface area contributed by atoms with Crippen molar-refractivity contribution in [3.63, 3.8) is 0 Å². The standard InChI is InChI=1S/C28H37N9O4/c1-35(22-10-11-22)12-3-5-23(38)37-13-2-4-21(18-37)31-28-32-26(24(25(29)39)33-34-28)30-20-8-6-19(7-9-20)27(40)36-14-16-41-17-15-36/h3,5-9,21-22H,2,4,10-18H2,1H3,(H2,29,39)(H2,30,31,32,34)/b5-3+. The van der Waals surface area contributed by atoms with E-state index in [1.807, 2.05) is 11.0 Å². The summed E-state index contributed by atoms with van der Waals surface area (Å²) in [6.45, 7) is 4.14. The maximum Gasteiger partial charge on any atom is 0.273 e. The highest BCUT2D eigenvalue weighted by Crippen LogP contribution is 2.25. The Balaban J connectivity index is 1.21. The van der Waals surface area contributed by atoms with E-state index in [4.69, 9.17) is 10.5 Å². The van der Waals surface area contributed by atoms with E-state index in [1.165, 1.54) is 12.8 Å². The maximum absolute atomic E-state index is 12.8. The van der Waals surface area contributed by atoms with Gasteiger partial charge in [-0.15, -0.1) is 10.2 Å². The fourth-order valence-electron chi connectivity index (χ4n) is 4.99. The minimum Gasteiger partial charge on any atom is -0.378 e. The van der Waals surface area contributed by atoms with Gasteiger partial charge in [-0.3, -0.25) is 19.3 Å². The molecule has 0 bridgehead atoms. The van der Waals surface area contributed by atoms with Gasteiger partial charge < -0.3 is 30.9 Å². The summed E-state index contributed by atoms with van der Waals surface area (Å²) in [6.07, 6.45) is 7.72. The SMILES string of the molecule is CN(C/C=C/C(=O)N1CCCC(Nc2nnc(C(N)=O)c(Nc3ccc(C(=O)N4CCOCC4)cc3)n2)C1)C1CC1. The molecule has 1 unspecified atom stereocenters. The first-order valence-corrected chi connectivity index (χ1v) is 14.1. The molecule has 13 nitrogen and oxygen atoms in total. The smallest absolute Gasteiger partial charge is 0.273 e. The third kappa shape index (κ3) is 7.55. The Hall–Kier alpha value is -4.10. The Morgan fingerprint density at radius 1 is 1.07 bits per heavy atom. The number of primary amides is 1. The molecule has 2 saturated heterocycles. The van der Waals surface area contributed by atoms with E-state index in [-0.39, 0.29) is 35.3 Å². The van der Waals surface area contributed by atoms with Crippen LogP contribution in [0.2, 0.25) is 0 Å². The van der Waals surface area contributed by atoms with Crippen molar-refractivity contribution in [1.82, 2.24) is 29.9 Å². The number of likely N-dealkylation sites (N-methyl/N-ethyl adjacent to an activating group) is 1. The molecule has 2 aliphatic heterocycles. The quantitative estimate of drug-likeness (QED) is 0.359. The number of hydrogen-bond donors (Lipinski definition) is 3. The molecule has 1 saturated carbocycles. The lowest BCUT2D eigenvalue weighted by Gasteiger charge is -2.32. The van der Waals surface area contributed by atoms with E-state index in [2.05, 4.69) is 37.8 Å². The van der Waals surface area contributed by atoms with Gasteiger partial charge in [0.25, 0.3) is 11.8 Å². The van der Waals surface area contributed by atoms with Crippen molar-refractivity contribution >= 4 is 35.2 Å². The summed E-state index contributed by atoms with van der Waals surface area (Å²) < 4.78 is 5.32. The van der Waals surface area contributed by atoms with Gasteiger partial charge in [-0.1, -0.05) is 6.08 Å². The van der Waals surface area contributed by atoms with Gasteiger partial charge in [0, 0.05) is 62.1 Å². The van der Waals surface area contributed by atoms with Crippen LogP contribution >= 0.6 is 0 Å². The third-order valence-corrected chi connectivity index (χ3v) is 7.50. The first kappa shape index (κ1) is 28.4. The van der Waals surface area contributed by atoms with Gasteiger partial charge in [-0.05, 0) is 57.0 Å². The van der Waals surface area contributed by atoms with Crippen LogP contribution in [-0.4, -0.2) is 113 Å². The number of carbonyl (C=O) groups excluding carboxylic acids is 3. The lowest BCUT2D eigenvalue weighted by Crippen LogP contribution is -2.44. The summed E-state index contributed by atoms with van der Waals surface area (Å²) in [5.74, 6) is -0.478. The molecule has 41 heavy (non-hydrogen) atoms. The summed E-state index contributed by atoms with van der Waals surface area (Å²) in [7, 11) is 2.08.